The molecule has 38 heavy (non-hydrogen) atoms. The maximum Gasteiger partial charge on any atom is 1.00 e. The molecule has 3 aromatic rings. The number of rotatable bonds is 9. The van der Waals surface area contributed by atoms with Gasteiger partial charge in [0.1, 0.15) is 17.2 Å². The van der Waals surface area contributed by atoms with Gasteiger partial charge in [-0.05, 0) is 79.1 Å². The number of benzene rings is 3. The number of hydrogen-bond acceptors (Lipinski definition) is 6. The van der Waals surface area contributed by atoms with Crippen LogP contribution in [0.3, 0.4) is 0 Å². The summed E-state index contributed by atoms with van der Waals surface area (Å²) >= 11 is 6.15. The van der Waals surface area contributed by atoms with E-state index in [0.717, 1.165) is 5.56 Å². The Bertz CT molecular complexity index is 1280. The molecule has 0 fully saturated rings. The molecule has 0 amide bonds. The van der Waals surface area contributed by atoms with Gasteiger partial charge in [0.05, 0.1) is 11.6 Å². The van der Waals surface area contributed by atoms with Crippen molar-refractivity contribution >= 4 is 35.1 Å². The Labute approximate surface area is 249 Å². The first-order chi connectivity index (χ1) is 17.6. The molecular weight excluding hydrogens is 552 g/mol. The van der Waals surface area contributed by atoms with Crippen molar-refractivity contribution in [1.29, 1.82) is 0 Å². The first-order valence-electron chi connectivity index (χ1n) is 11.4. The molecule has 0 saturated carbocycles. The molecule has 1 heterocycles. The molecule has 0 spiro atoms. The molecule has 0 radical (unpaired) electrons. The molecular formula is C27H21ClF3NaO5S. The Balaban J connectivity index is 0.00000400. The van der Waals surface area contributed by atoms with Gasteiger partial charge in [0.15, 0.2) is 5.78 Å². The van der Waals surface area contributed by atoms with Crippen molar-refractivity contribution in [2.75, 3.05) is 6.61 Å². The Hall–Kier alpha value is -2.17. The molecule has 0 saturated heterocycles. The fraction of sp³-hybridized carbons (Fsp3) is 0.259. The summed E-state index contributed by atoms with van der Waals surface area (Å²) in [6.45, 7) is 0.242. The van der Waals surface area contributed by atoms with Crippen molar-refractivity contribution < 1.29 is 66.9 Å². The summed E-state index contributed by atoms with van der Waals surface area (Å²) in [6, 6.07) is 15.7. The van der Waals surface area contributed by atoms with Gasteiger partial charge in [-0.25, -0.2) is 0 Å². The van der Waals surface area contributed by atoms with Gasteiger partial charge in [-0.2, -0.15) is 13.2 Å². The molecule has 4 rings (SSSR count). The minimum absolute atomic E-state index is 0. The Morgan fingerprint density at radius 3 is 2.39 bits per heavy atom. The number of alkyl halides is 3. The monoisotopic (exact) mass is 572 g/mol. The van der Waals surface area contributed by atoms with Gasteiger partial charge in [0, 0.05) is 40.4 Å². The van der Waals surface area contributed by atoms with Crippen LogP contribution in [0.25, 0.3) is 0 Å². The first kappa shape index (κ1) is 30.4. The molecule has 1 aliphatic heterocycles. The van der Waals surface area contributed by atoms with Crippen LogP contribution in [0.2, 0.25) is 5.02 Å². The third-order valence-corrected chi connectivity index (χ3v) is 6.85. The fourth-order valence-corrected chi connectivity index (χ4v) is 4.75. The van der Waals surface area contributed by atoms with E-state index in [1.165, 1.54) is 18.2 Å². The predicted molar refractivity (Wildman–Crippen MR) is 131 cm³/mol. The molecule has 1 atom stereocenters. The molecule has 5 nitrogen and oxygen atoms in total. The first-order valence-corrected chi connectivity index (χ1v) is 12.6. The van der Waals surface area contributed by atoms with E-state index in [0.29, 0.717) is 41.9 Å². The zero-order chi connectivity index (χ0) is 26.6. The van der Waals surface area contributed by atoms with E-state index in [1.807, 2.05) is 0 Å². The van der Waals surface area contributed by atoms with E-state index in [9.17, 15) is 27.9 Å². The third-order valence-electron chi connectivity index (χ3n) is 5.82. The normalized spacial score (nSPS) is 14.6. The number of carboxylic acids is 1. The van der Waals surface area contributed by atoms with Gasteiger partial charge in [-0.3, -0.25) is 4.79 Å². The van der Waals surface area contributed by atoms with Crippen LogP contribution in [-0.4, -0.2) is 23.9 Å². The smallest absolute Gasteiger partial charge is 0.549 e. The van der Waals surface area contributed by atoms with Crippen LogP contribution in [0, 0.1) is 0 Å². The number of aryl methyl sites for hydroxylation is 1. The number of thioether (sulfide) groups is 1. The Kier molecular flexibility index (Phi) is 10.6. The van der Waals surface area contributed by atoms with Crippen LogP contribution in [0.1, 0.15) is 46.7 Å². The van der Waals surface area contributed by atoms with Crippen LogP contribution in [0.15, 0.2) is 65.6 Å². The molecule has 0 aromatic heterocycles. The number of ether oxygens (including phenoxy) is 2. The number of aliphatic carboxylic acids is 1. The van der Waals surface area contributed by atoms with Gasteiger partial charge >= 0.3 is 35.1 Å². The summed E-state index contributed by atoms with van der Waals surface area (Å²) in [4.78, 5) is 24.1. The zero-order valence-corrected chi connectivity index (χ0v) is 23.9. The average molecular weight is 573 g/mol. The number of carbonyl (C=O) groups excluding carboxylic acids is 2. The van der Waals surface area contributed by atoms with Crippen molar-refractivity contribution in [3.63, 3.8) is 0 Å². The fourth-order valence-electron chi connectivity index (χ4n) is 4.00. The van der Waals surface area contributed by atoms with Crippen LogP contribution in [-0.2, 0) is 11.2 Å². The van der Waals surface area contributed by atoms with Crippen molar-refractivity contribution in [3.05, 3.63) is 82.4 Å². The van der Waals surface area contributed by atoms with Gasteiger partial charge in [0.2, 0.25) is 0 Å². The van der Waals surface area contributed by atoms with E-state index < -0.39 is 17.4 Å². The quantitative estimate of drug-likeness (QED) is 0.222. The van der Waals surface area contributed by atoms with Crippen molar-refractivity contribution in [2.24, 2.45) is 0 Å². The van der Waals surface area contributed by atoms with E-state index in [2.05, 4.69) is 0 Å². The largest absolute Gasteiger partial charge is 1.00 e. The second-order valence-electron chi connectivity index (χ2n) is 8.42. The molecule has 1 unspecified atom stereocenters. The summed E-state index contributed by atoms with van der Waals surface area (Å²) in [7, 11) is 0. The van der Waals surface area contributed by atoms with Gasteiger partial charge < -0.3 is 19.4 Å². The maximum atomic E-state index is 12.6. The summed E-state index contributed by atoms with van der Waals surface area (Å²) in [5.74, 6) is -0.953. The van der Waals surface area contributed by atoms with E-state index in [-0.39, 0.29) is 75.8 Å². The van der Waals surface area contributed by atoms with E-state index >= 15 is 0 Å². The topological polar surface area (TPSA) is 75.7 Å². The summed E-state index contributed by atoms with van der Waals surface area (Å²) in [5.41, 5.74) is -2.51. The summed E-state index contributed by atoms with van der Waals surface area (Å²) in [6.07, 6.45) is 1.71. The number of Topliss-reactive ketones (excluding diaryl/α,β-unsaturated/α-hetero) is 1. The molecule has 194 valence electrons. The molecule has 0 N–H and O–H groups in total. The molecule has 11 heteroatoms. The number of fused-ring (bicyclic) bond motifs is 1. The van der Waals surface area contributed by atoms with Crippen LogP contribution < -0.4 is 44.1 Å². The van der Waals surface area contributed by atoms with Gasteiger partial charge in [0.25, 0.3) is 0 Å². The second kappa shape index (κ2) is 13.3. The van der Waals surface area contributed by atoms with Crippen molar-refractivity contribution in [3.8, 4) is 17.2 Å². The summed E-state index contributed by atoms with van der Waals surface area (Å²) < 4.78 is 48.7. The number of halogens is 4. The number of hydrogen-bond donors (Lipinski definition) is 0. The number of ketones is 1. The summed E-state index contributed by atoms with van der Waals surface area (Å²) in [5, 5.41) is 11.6. The van der Waals surface area contributed by atoms with Gasteiger partial charge in [-0.1, -0.05) is 23.7 Å². The molecule has 3 aromatic carbocycles. The maximum absolute atomic E-state index is 12.6. The van der Waals surface area contributed by atoms with Crippen LogP contribution in [0.4, 0.5) is 13.2 Å². The number of carboxylic acid groups (broad SMARTS) is 1. The van der Waals surface area contributed by atoms with Gasteiger partial charge in [-0.15, -0.1) is 0 Å². The Morgan fingerprint density at radius 1 is 1.08 bits per heavy atom. The minimum atomic E-state index is -4.32. The molecule has 1 aliphatic rings. The average Bonchev–Trinajstić information content (AvgIpc) is 2.84. The molecule has 0 aliphatic carbocycles. The number of carbonyl (C=O) groups is 2. The Morgan fingerprint density at radius 2 is 1.76 bits per heavy atom. The van der Waals surface area contributed by atoms with Crippen molar-refractivity contribution in [2.45, 2.75) is 42.0 Å². The van der Waals surface area contributed by atoms with Crippen LogP contribution in [0.5, 0.6) is 17.2 Å². The predicted octanol–water partition coefficient (Wildman–Crippen LogP) is 3.57. The second-order valence-corrected chi connectivity index (χ2v) is 9.97. The minimum Gasteiger partial charge on any atom is -0.549 e. The SMILES string of the molecule is O=C(CCCc1ccc(SC(F)(F)F)cc1)c1ccc(Oc2cc3c(cc2Cl)C(C(=O)[O-])CCO3)cc1.[Na+]. The van der Waals surface area contributed by atoms with Crippen molar-refractivity contribution in [1.82, 2.24) is 0 Å². The van der Waals surface area contributed by atoms with E-state index in [4.69, 9.17) is 21.1 Å². The third kappa shape index (κ3) is 8.16. The zero-order valence-electron chi connectivity index (χ0n) is 20.3. The standard InChI is InChI=1S/C27H22ClF3O5S.Na/c28-22-14-21-20(26(33)34)12-13-35-24(21)15-25(22)36-18-8-6-17(7-9-18)23(32)3-1-2-16-4-10-19(11-5-16)37-27(29,30)31;/h4-11,14-15,20H,1-3,12-13H2,(H,33,34);/q;+1/p-1. The van der Waals surface area contributed by atoms with E-state index in [1.54, 1.807) is 42.5 Å². The van der Waals surface area contributed by atoms with Crippen LogP contribution >= 0.6 is 23.4 Å². The molecule has 0 bridgehead atoms.